The zero-order valence-corrected chi connectivity index (χ0v) is 13.5. The number of urea groups is 1. The number of aliphatic hydroxyl groups excluding tert-OH is 1. The molecule has 1 rings (SSSR count). The lowest BCUT2D eigenvalue weighted by Gasteiger charge is -2.15. The van der Waals surface area contributed by atoms with Gasteiger partial charge in [0.15, 0.2) is 5.82 Å². The van der Waals surface area contributed by atoms with Gasteiger partial charge in [-0.05, 0) is 32.6 Å². The largest absolute Gasteiger partial charge is 0.396 e. The number of amides is 2. The fourth-order valence-electron chi connectivity index (χ4n) is 2.16. The van der Waals surface area contributed by atoms with Gasteiger partial charge >= 0.3 is 6.03 Å². The van der Waals surface area contributed by atoms with Crippen molar-refractivity contribution >= 4 is 11.8 Å². The van der Waals surface area contributed by atoms with Gasteiger partial charge in [0.25, 0.3) is 0 Å². The molecular weight excluding hydrogens is 282 g/mol. The topological polar surface area (TPSA) is 103 Å². The van der Waals surface area contributed by atoms with E-state index >= 15 is 0 Å². The zero-order valence-electron chi connectivity index (χ0n) is 13.5. The van der Waals surface area contributed by atoms with E-state index in [2.05, 4.69) is 22.7 Å². The molecule has 0 fully saturated rings. The van der Waals surface area contributed by atoms with Crippen LogP contribution in [0.5, 0.6) is 0 Å². The molecule has 0 bridgehead atoms. The van der Waals surface area contributed by atoms with Crippen LogP contribution in [-0.4, -0.2) is 34.1 Å². The second kappa shape index (κ2) is 9.05. The molecule has 1 heterocycles. The average Bonchev–Trinajstić information content (AvgIpc) is 2.88. The molecule has 122 valence electrons. The van der Waals surface area contributed by atoms with E-state index in [9.17, 15) is 4.79 Å². The quantitative estimate of drug-likeness (QED) is 0.685. The highest BCUT2D eigenvalue weighted by molar-refractivity contribution is 5.89. The second-order valence-electron chi connectivity index (χ2n) is 5.58. The summed E-state index contributed by atoms with van der Waals surface area (Å²) in [6, 6.07) is 1.75. The first-order chi connectivity index (χ1) is 10.5. The third-order valence-corrected chi connectivity index (χ3v) is 3.40. The molecule has 0 spiro atoms. The Morgan fingerprint density at radius 2 is 2.23 bits per heavy atom. The van der Waals surface area contributed by atoms with Gasteiger partial charge in [-0.2, -0.15) is 10.4 Å². The van der Waals surface area contributed by atoms with Crippen molar-refractivity contribution in [1.29, 1.82) is 5.26 Å². The molecule has 0 aliphatic rings. The van der Waals surface area contributed by atoms with Gasteiger partial charge < -0.3 is 10.4 Å². The van der Waals surface area contributed by atoms with Crippen molar-refractivity contribution < 1.29 is 9.90 Å². The van der Waals surface area contributed by atoms with Gasteiger partial charge in [-0.25, -0.2) is 4.79 Å². The lowest BCUT2D eigenvalue weighted by Crippen LogP contribution is -2.33. The van der Waals surface area contributed by atoms with E-state index in [-0.39, 0.29) is 30.4 Å². The molecule has 1 aromatic heterocycles. The minimum absolute atomic E-state index is 0.115. The van der Waals surface area contributed by atoms with Gasteiger partial charge in [0.1, 0.15) is 11.6 Å². The summed E-state index contributed by atoms with van der Waals surface area (Å²) < 4.78 is 1.64. The first kappa shape index (κ1) is 18.0. The highest BCUT2D eigenvalue weighted by Crippen LogP contribution is 2.15. The molecule has 0 saturated carbocycles. The fourth-order valence-corrected chi connectivity index (χ4v) is 2.16. The third-order valence-electron chi connectivity index (χ3n) is 3.40. The fraction of sp³-hybridized carbons (Fsp3) is 0.667. The Morgan fingerprint density at radius 1 is 1.50 bits per heavy atom. The van der Waals surface area contributed by atoms with Crippen LogP contribution >= 0.6 is 0 Å². The van der Waals surface area contributed by atoms with Crippen molar-refractivity contribution in [2.24, 2.45) is 5.92 Å². The molecule has 0 aliphatic carbocycles. The molecule has 1 unspecified atom stereocenters. The van der Waals surface area contributed by atoms with Gasteiger partial charge in [0.05, 0.1) is 0 Å². The van der Waals surface area contributed by atoms with E-state index < -0.39 is 0 Å². The standard InChI is InChI=1S/C15H25N5O2/c1-4-5-12(6-7-21)9-17-15(22)18-14-13(8-16)10-20(19-14)11(2)3/h10-12,21H,4-7,9H2,1-3H3,(H2,17,18,19,22). The number of carbonyl (C=O) groups is 1. The summed E-state index contributed by atoms with van der Waals surface area (Å²) in [7, 11) is 0. The number of aromatic nitrogens is 2. The van der Waals surface area contributed by atoms with Gasteiger partial charge in [-0.15, -0.1) is 0 Å². The molecule has 0 aliphatic heterocycles. The molecule has 22 heavy (non-hydrogen) atoms. The Kier molecular flexibility index (Phi) is 7.40. The minimum atomic E-state index is -0.385. The van der Waals surface area contributed by atoms with Crippen LogP contribution in [0.3, 0.4) is 0 Å². The summed E-state index contributed by atoms with van der Waals surface area (Å²) in [4.78, 5) is 11.9. The smallest absolute Gasteiger partial charge is 0.320 e. The molecule has 2 amide bonds. The van der Waals surface area contributed by atoms with Crippen molar-refractivity contribution in [3.63, 3.8) is 0 Å². The van der Waals surface area contributed by atoms with Crippen LogP contribution in [0.15, 0.2) is 6.20 Å². The molecule has 3 N–H and O–H groups in total. The second-order valence-corrected chi connectivity index (χ2v) is 5.58. The molecule has 0 saturated heterocycles. The van der Waals surface area contributed by atoms with Crippen LogP contribution in [0.2, 0.25) is 0 Å². The number of nitriles is 1. The minimum Gasteiger partial charge on any atom is -0.396 e. The maximum atomic E-state index is 11.9. The molecule has 7 heteroatoms. The summed E-state index contributed by atoms with van der Waals surface area (Å²) in [6.45, 7) is 6.57. The van der Waals surface area contributed by atoms with E-state index in [1.165, 1.54) is 0 Å². The van der Waals surface area contributed by atoms with Crippen LogP contribution < -0.4 is 10.6 Å². The Labute approximate surface area is 131 Å². The number of hydrogen-bond acceptors (Lipinski definition) is 4. The van der Waals surface area contributed by atoms with Crippen molar-refractivity contribution in [2.45, 2.75) is 46.1 Å². The maximum Gasteiger partial charge on any atom is 0.320 e. The third kappa shape index (κ3) is 5.37. The Bertz CT molecular complexity index is 512. The van der Waals surface area contributed by atoms with Gasteiger partial charge in [0, 0.05) is 25.4 Å². The highest BCUT2D eigenvalue weighted by Gasteiger charge is 2.14. The van der Waals surface area contributed by atoms with Crippen molar-refractivity contribution in [1.82, 2.24) is 15.1 Å². The summed E-state index contributed by atoms with van der Waals surface area (Å²) in [5.41, 5.74) is 0.337. The van der Waals surface area contributed by atoms with Crippen LogP contribution in [0.1, 0.15) is 51.6 Å². The molecule has 1 atom stereocenters. The van der Waals surface area contributed by atoms with Crippen LogP contribution in [0.4, 0.5) is 10.6 Å². The molecule has 0 radical (unpaired) electrons. The Hall–Kier alpha value is -2.07. The molecule has 7 nitrogen and oxygen atoms in total. The zero-order chi connectivity index (χ0) is 16.5. The number of nitrogens with one attached hydrogen (secondary N) is 2. The van der Waals surface area contributed by atoms with E-state index in [0.29, 0.717) is 18.5 Å². The van der Waals surface area contributed by atoms with Crippen molar-refractivity contribution in [3.05, 3.63) is 11.8 Å². The lowest BCUT2D eigenvalue weighted by atomic mass is 10.0. The van der Waals surface area contributed by atoms with E-state index in [1.54, 1.807) is 10.9 Å². The number of hydrogen-bond donors (Lipinski definition) is 3. The Morgan fingerprint density at radius 3 is 2.77 bits per heavy atom. The van der Waals surface area contributed by atoms with E-state index in [1.807, 2.05) is 19.9 Å². The number of anilines is 1. The van der Waals surface area contributed by atoms with Crippen molar-refractivity contribution in [2.75, 3.05) is 18.5 Å². The number of carbonyl (C=O) groups excluding carboxylic acids is 1. The summed E-state index contributed by atoms with van der Waals surface area (Å²) in [5, 5.41) is 27.7. The van der Waals surface area contributed by atoms with Gasteiger partial charge in [0.2, 0.25) is 0 Å². The average molecular weight is 307 g/mol. The van der Waals surface area contributed by atoms with Crippen molar-refractivity contribution in [3.8, 4) is 6.07 Å². The van der Waals surface area contributed by atoms with Crippen LogP contribution in [0, 0.1) is 17.2 Å². The van der Waals surface area contributed by atoms with Crippen LogP contribution in [0.25, 0.3) is 0 Å². The number of aliphatic hydroxyl groups is 1. The summed E-state index contributed by atoms with van der Waals surface area (Å²) in [5.74, 6) is 0.521. The number of nitrogens with zero attached hydrogens (tertiary/aromatic N) is 3. The van der Waals surface area contributed by atoms with Crippen LogP contribution in [-0.2, 0) is 0 Å². The predicted octanol–water partition coefficient (Wildman–Crippen LogP) is 2.26. The SMILES string of the molecule is CCCC(CCO)CNC(=O)Nc1nn(C(C)C)cc1C#N. The van der Waals surface area contributed by atoms with Gasteiger partial charge in [-0.1, -0.05) is 13.3 Å². The first-order valence-electron chi connectivity index (χ1n) is 7.66. The predicted molar refractivity (Wildman–Crippen MR) is 84.4 cm³/mol. The van der Waals surface area contributed by atoms with Gasteiger partial charge in [-0.3, -0.25) is 10.00 Å². The van der Waals surface area contributed by atoms with E-state index in [0.717, 1.165) is 12.8 Å². The normalized spacial score (nSPS) is 12.0. The molecular formula is C15H25N5O2. The molecule has 1 aromatic rings. The summed E-state index contributed by atoms with van der Waals surface area (Å²) in [6.07, 6.45) is 4.24. The van der Waals surface area contributed by atoms with E-state index in [4.69, 9.17) is 10.4 Å². The Balaban J connectivity index is 2.59. The monoisotopic (exact) mass is 307 g/mol. The molecule has 0 aromatic carbocycles. The lowest BCUT2D eigenvalue weighted by molar-refractivity contribution is 0.236. The summed E-state index contributed by atoms with van der Waals surface area (Å²) >= 11 is 0. The number of rotatable bonds is 8. The maximum absolute atomic E-state index is 11.9. The highest BCUT2D eigenvalue weighted by atomic mass is 16.3. The first-order valence-corrected chi connectivity index (χ1v) is 7.66.